The lowest BCUT2D eigenvalue weighted by molar-refractivity contribution is 0.0929. The van der Waals surface area contributed by atoms with Crippen LogP contribution >= 0.6 is 11.6 Å². The molecule has 4 rings (SSSR count). The Labute approximate surface area is 201 Å². The molecule has 3 atom stereocenters. The summed E-state index contributed by atoms with van der Waals surface area (Å²) in [5.41, 5.74) is 0. The Bertz CT molecular complexity index is 883. The van der Waals surface area contributed by atoms with Crippen molar-refractivity contribution in [1.29, 1.82) is 0 Å². The molecule has 12 heteroatoms. The van der Waals surface area contributed by atoms with Crippen LogP contribution in [0.15, 0.2) is 12.4 Å². The van der Waals surface area contributed by atoms with Crippen LogP contribution in [0.5, 0.6) is 0 Å². The molecule has 0 aromatic carbocycles. The Morgan fingerprint density at radius 1 is 1.21 bits per heavy atom. The summed E-state index contributed by atoms with van der Waals surface area (Å²) in [4.78, 5) is 8.45. The van der Waals surface area contributed by atoms with E-state index in [0.29, 0.717) is 54.3 Å². The van der Waals surface area contributed by atoms with Crippen LogP contribution in [-0.2, 0) is 27.3 Å². The lowest BCUT2D eigenvalue weighted by atomic mass is 10.1. The average Bonchev–Trinajstić information content (AvgIpc) is 3.74. The summed E-state index contributed by atoms with van der Waals surface area (Å²) in [5, 5.41) is 17.7. The van der Waals surface area contributed by atoms with Gasteiger partial charge < -0.3 is 19.1 Å². The van der Waals surface area contributed by atoms with Gasteiger partial charge in [0.1, 0.15) is 5.82 Å². The molecule has 33 heavy (non-hydrogen) atoms. The number of halogens is 1. The average molecular weight is 499 g/mol. The topological polar surface area (TPSA) is 130 Å². The predicted molar refractivity (Wildman–Crippen MR) is 124 cm³/mol. The van der Waals surface area contributed by atoms with Crippen LogP contribution in [0.1, 0.15) is 56.4 Å². The Morgan fingerprint density at radius 3 is 2.45 bits per heavy atom. The first-order chi connectivity index (χ1) is 16.0. The Kier molecular flexibility index (Phi) is 8.42. The van der Waals surface area contributed by atoms with E-state index in [1.807, 2.05) is 6.92 Å². The number of hydrogen-bond donors (Lipinski definition) is 2. The summed E-state index contributed by atoms with van der Waals surface area (Å²) in [6.07, 6.45) is 7.76. The van der Waals surface area contributed by atoms with Gasteiger partial charge in [0, 0.05) is 32.0 Å². The van der Waals surface area contributed by atoms with Crippen molar-refractivity contribution in [3.63, 3.8) is 0 Å². The summed E-state index contributed by atoms with van der Waals surface area (Å²) in [7, 11) is 1.54. The molecule has 2 N–H and O–H groups in total. The second-order valence-electron chi connectivity index (χ2n) is 8.58. The minimum absolute atomic E-state index is 0.0128. The van der Waals surface area contributed by atoms with Gasteiger partial charge in [-0.1, -0.05) is 11.6 Å². The maximum atomic E-state index is 13.3. The van der Waals surface area contributed by atoms with Crippen molar-refractivity contribution in [2.45, 2.75) is 56.4 Å². The zero-order valence-electron chi connectivity index (χ0n) is 18.9. The molecule has 2 heterocycles. The normalized spacial score (nSPS) is 19.0. The van der Waals surface area contributed by atoms with Crippen molar-refractivity contribution in [3.8, 4) is 0 Å². The Hall–Kier alpha value is -1.50. The first-order valence-electron chi connectivity index (χ1n) is 11.3. The molecule has 2 aliphatic carbocycles. The van der Waals surface area contributed by atoms with Crippen LogP contribution in [0.2, 0.25) is 5.02 Å². The van der Waals surface area contributed by atoms with Crippen LogP contribution in [0.3, 0.4) is 0 Å². The SMILES string of the molecule is COC(c1ncc(Cl)cn1)C(C)[S+]([O-])Nc1nnc(CCOCCO)n1C(C1CC1)C1CC1. The van der Waals surface area contributed by atoms with Gasteiger partial charge in [-0.2, -0.15) is 4.72 Å². The number of anilines is 1. The molecule has 0 radical (unpaired) electrons. The molecular formula is C21H31ClN6O4S. The molecule has 0 spiro atoms. The second kappa shape index (κ2) is 11.3. The third-order valence-corrected chi connectivity index (χ3v) is 7.59. The monoisotopic (exact) mass is 498 g/mol. The molecule has 2 saturated carbocycles. The van der Waals surface area contributed by atoms with Crippen molar-refractivity contribution >= 4 is 28.9 Å². The summed E-state index contributed by atoms with van der Waals surface area (Å²) >= 11 is 4.36. The molecule has 0 aliphatic heterocycles. The van der Waals surface area contributed by atoms with Crippen molar-refractivity contribution in [2.75, 3.05) is 31.7 Å². The number of nitrogens with zero attached hydrogens (tertiary/aromatic N) is 5. The number of aliphatic hydroxyl groups is 1. The second-order valence-corrected chi connectivity index (χ2v) is 10.6. The molecule has 2 aromatic rings. The van der Waals surface area contributed by atoms with Gasteiger partial charge in [0.25, 0.3) is 5.95 Å². The number of rotatable bonds is 14. The van der Waals surface area contributed by atoms with E-state index < -0.39 is 22.7 Å². The minimum Gasteiger partial charge on any atom is -0.593 e. The third-order valence-electron chi connectivity index (χ3n) is 6.08. The summed E-state index contributed by atoms with van der Waals surface area (Å²) in [6, 6.07) is 0.306. The first-order valence-corrected chi connectivity index (χ1v) is 12.9. The Balaban J connectivity index is 1.52. The highest BCUT2D eigenvalue weighted by atomic mass is 35.5. The highest BCUT2D eigenvalue weighted by Gasteiger charge is 2.45. The van der Waals surface area contributed by atoms with Gasteiger partial charge in [-0.3, -0.25) is 4.57 Å². The van der Waals surface area contributed by atoms with Gasteiger partial charge >= 0.3 is 0 Å². The number of methoxy groups -OCH3 is 1. The number of aliphatic hydroxyl groups excluding tert-OH is 1. The van der Waals surface area contributed by atoms with E-state index in [9.17, 15) is 4.55 Å². The lowest BCUT2D eigenvalue weighted by Gasteiger charge is -2.26. The molecule has 0 amide bonds. The first kappa shape index (κ1) is 24.6. The predicted octanol–water partition coefficient (Wildman–Crippen LogP) is 2.49. The molecule has 10 nitrogen and oxygen atoms in total. The van der Waals surface area contributed by atoms with Crippen LogP contribution in [0, 0.1) is 11.8 Å². The fraction of sp³-hybridized carbons (Fsp3) is 0.714. The fourth-order valence-corrected chi connectivity index (χ4v) is 5.22. The standard InChI is InChI=1S/C21H31ClN6O4S/c1-13(19(31-2)20-23-11-16(22)12-24-20)33(30)27-21-26-25-17(7-9-32-10-8-29)28(21)18(14-3-4-14)15-5-6-15/h11-15,18-19,29H,3-10H2,1-2H3,(H,26,27). The van der Waals surface area contributed by atoms with Crippen molar-refractivity contribution in [3.05, 3.63) is 29.1 Å². The van der Waals surface area contributed by atoms with Crippen molar-refractivity contribution < 1.29 is 19.1 Å². The van der Waals surface area contributed by atoms with E-state index >= 15 is 0 Å². The molecule has 2 aliphatic rings. The summed E-state index contributed by atoms with van der Waals surface area (Å²) in [6.45, 7) is 2.54. The fourth-order valence-electron chi connectivity index (χ4n) is 4.16. The largest absolute Gasteiger partial charge is 0.593 e. The van der Waals surface area contributed by atoms with Gasteiger partial charge in [0.2, 0.25) is 0 Å². The minimum atomic E-state index is -1.54. The molecule has 2 fully saturated rings. The van der Waals surface area contributed by atoms with E-state index in [-0.39, 0.29) is 6.61 Å². The smallest absolute Gasteiger partial charge is 0.266 e. The summed E-state index contributed by atoms with van der Waals surface area (Å²) in [5.74, 6) is 2.94. The maximum Gasteiger partial charge on any atom is 0.266 e. The lowest BCUT2D eigenvalue weighted by Crippen LogP contribution is -2.34. The van der Waals surface area contributed by atoms with Crippen LogP contribution in [0.4, 0.5) is 5.95 Å². The molecular weight excluding hydrogens is 468 g/mol. The number of ether oxygens (including phenoxy) is 2. The van der Waals surface area contributed by atoms with E-state index in [1.54, 1.807) is 7.11 Å². The third kappa shape index (κ3) is 6.14. The van der Waals surface area contributed by atoms with E-state index in [1.165, 1.54) is 38.1 Å². The molecule has 0 bridgehead atoms. The quantitative estimate of drug-likeness (QED) is 0.298. The summed E-state index contributed by atoms with van der Waals surface area (Å²) < 4.78 is 29.6. The van der Waals surface area contributed by atoms with E-state index in [0.717, 1.165) is 5.82 Å². The van der Waals surface area contributed by atoms with Gasteiger partial charge in [0.05, 0.1) is 36.2 Å². The maximum absolute atomic E-state index is 13.3. The molecule has 182 valence electrons. The zero-order chi connectivity index (χ0) is 23.4. The van der Waals surface area contributed by atoms with Crippen LogP contribution in [-0.4, -0.2) is 66.6 Å². The van der Waals surface area contributed by atoms with E-state index in [2.05, 4.69) is 29.5 Å². The van der Waals surface area contributed by atoms with Gasteiger partial charge in [-0.15, -0.1) is 10.2 Å². The van der Waals surface area contributed by atoms with Gasteiger partial charge in [-0.25, -0.2) is 9.97 Å². The van der Waals surface area contributed by atoms with Crippen LogP contribution < -0.4 is 4.72 Å². The molecule has 0 saturated heterocycles. The molecule has 3 unspecified atom stereocenters. The number of aromatic nitrogens is 5. The Morgan fingerprint density at radius 2 is 1.88 bits per heavy atom. The number of hydrogen-bond acceptors (Lipinski definition) is 9. The van der Waals surface area contributed by atoms with Gasteiger partial charge in [0.15, 0.2) is 17.2 Å². The van der Waals surface area contributed by atoms with Crippen molar-refractivity contribution in [2.24, 2.45) is 11.8 Å². The molecule has 2 aromatic heterocycles. The number of nitrogens with one attached hydrogen (secondary N) is 1. The van der Waals surface area contributed by atoms with Crippen molar-refractivity contribution in [1.82, 2.24) is 24.7 Å². The zero-order valence-corrected chi connectivity index (χ0v) is 20.5. The highest BCUT2D eigenvalue weighted by molar-refractivity contribution is 7.93. The highest BCUT2D eigenvalue weighted by Crippen LogP contribution is 2.53. The van der Waals surface area contributed by atoms with Crippen LogP contribution in [0.25, 0.3) is 0 Å². The van der Waals surface area contributed by atoms with Gasteiger partial charge in [-0.05, 0) is 44.4 Å². The van der Waals surface area contributed by atoms with E-state index in [4.69, 9.17) is 26.2 Å².